The number of hydrogen-bond donors (Lipinski definition) is 1. The lowest BCUT2D eigenvalue weighted by Crippen LogP contribution is -2.05. The molecule has 0 amide bonds. The minimum Gasteiger partial charge on any atom is -0.377 e. The lowest BCUT2D eigenvalue weighted by molar-refractivity contribution is 0.427. The Balaban J connectivity index is 1.92. The van der Waals surface area contributed by atoms with Crippen molar-refractivity contribution in [3.05, 3.63) is 30.4 Å². The minimum atomic E-state index is -0.400. The molecule has 0 aromatic carbocycles. The van der Waals surface area contributed by atoms with Crippen molar-refractivity contribution in [1.29, 1.82) is 0 Å². The maximum atomic E-state index is 12.1. The van der Waals surface area contributed by atoms with Crippen LogP contribution in [0.2, 0.25) is 0 Å². The summed E-state index contributed by atoms with van der Waals surface area (Å²) in [6, 6.07) is 1.94. The zero-order valence-electron chi connectivity index (χ0n) is 9.10. The molecule has 6 heteroatoms. The molecular formula is C10H14FN5. The maximum absolute atomic E-state index is 12.1. The molecule has 0 atom stereocenters. The van der Waals surface area contributed by atoms with E-state index in [2.05, 4.69) is 15.5 Å². The monoisotopic (exact) mass is 223 g/mol. The van der Waals surface area contributed by atoms with Crippen molar-refractivity contribution in [2.75, 3.05) is 12.0 Å². The quantitative estimate of drug-likeness (QED) is 0.828. The Morgan fingerprint density at radius 3 is 3.00 bits per heavy atom. The molecule has 2 aromatic rings. The first kappa shape index (κ1) is 10.7. The van der Waals surface area contributed by atoms with Crippen LogP contribution in [-0.2, 0) is 20.1 Å². The third-order valence-electron chi connectivity index (χ3n) is 2.34. The van der Waals surface area contributed by atoms with Crippen molar-refractivity contribution in [2.45, 2.75) is 13.1 Å². The number of nitrogens with zero attached hydrogens (tertiary/aromatic N) is 4. The van der Waals surface area contributed by atoms with Gasteiger partial charge in [-0.25, -0.2) is 4.39 Å². The first-order chi connectivity index (χ1) is 7.79. The minimum absolute atomic E-state index is 0.299. The number of rotatable bonds is 5. The van der Waals surface area contributed by atoms with Crippen LogP contribution in [0.3, 0.4) is 0 Å². The molecular weight excluding hydrogens is 209 g/mol. The number of anilines is 1. The van der Waals surface area contributed by atoms with Crippen LogP contribution in [0.5, 0.6) is 0 Å². The molecule has 0 aliphatic rings. The fourth-order valence-electron chi connectivity index (χ4n) is 1.43. The molecule has 5 nitrogen and oxygen atoms in total. The fourth-order valence-corrected chi connectivity index (χ4v) is 1.43. The molecule has 2 rings (SSSR count). The smallest absolute Gasteiger partial charge is 0.109 e. The third-order valence-corrected chi connectivity index (χ3v) is 2.34. The Morgan fingerprint density at radius 1 is 1.44 bits per heavy atom. The third kappa shape index (κ3) is 2.39. The van der Waals surface area contributed by atoms with Crippen molar-refractivity contribution >= 4 is 5.69 Å². The molecule has 0 saturated carbocycles. The number of alkyl halides is 1. The number of halogens is 1. The number of aryl methyl sites for hydroxylation is 2. The first-order valence-electron chi connectivity index (χ1n) is 5.09. The lowest BCUT2D eigenvalue weighted by Gasteiger charge is -2.03. The van der Waals surface area contributed by atoms with Gasteiger partial charge in [0.25, 0.3) is 0 Å². The predicted octanol–water partition coefficient (Wildman–Crippen LogP) is 1.20. The summed E-state index contributed by atoms with van der Waals surface area (Å²) >= 11 is 0. The van der Waals surface area contributed by atoms with Gasteiger partial charge in [-0.15, -0.1) is 0 Å². The van der Waals surface area contributed by atoms with Crippen molar-refractivity contribution in [2.24, 2.45) is 7.05 Å². The van der Waals surface area contributed by atoms with Crippen LogP contribution < -0.4 is 5.32 Å². The standard InChI is InChI=1S/C10H14FN5/c1-15-10(2-4-13-15)7-12-9-6-14-16(8-9)5-3-11/h2,4,6,8,12H,3,5,7H2,1H3. The molecule has 0 bridgehead atoms. The second-order valence-corrected chi connectivity index (χ2v) is 3.48. The average molecular weight is 223 g/mol. The van der Waals surface area contributed by atoms with Crippen LogP contribution in [0.15, 0.2) is 24.7 Å². The highest BCUT2D eigenvalue weighted by molar-refractivity contribution is 5.38. The molecule has 86 valence electrons. The molecule has 0 aliphatic heterocycles. The Bertz CT molecular complexity index is 448. The summed E-state index contributed by atoms with van der Waals surface area (Å²) in [5.41, 5.74) is 1.97. The van der Waals surface area contributed by atoms with Crippen LogP contribution in [0.4, 0.5) is 10.1 Å². The van der Waals surface area contributed by atoms with Gasteiger partial charge in [0.2, 0.25) is 0 Å². The molecule has 0 aliphatic carbocycles. The average Bonchev–Trinajstić information content (AvgIpc) is 2.86. The van der Waals surface area contributed by atoms with E-state index >= 15 is 0 Å². The van der Waals surface area contributed by atoms with E-state index in [0.29, 0.717) is 13.1 Å². The van der Waals surface area contributed by atoms with Gasteiger partial charge >= 0.3 is 0 Å². The van der Waals surface area contributed by atoms with E-state index in [1.165, 1.54) is 0 Å². The second kappa shape index (κ2) is 4.78. The van der Waals surface area contributed by atoms with E-state index < -0.39 is 6.67 Å². The summed E-state index contributed by atoms with van der Waals surface area (Å²) in [5.74, 6) is 0. The summed E-state index contributed by atoms with van der Waals surface area (Å²) in [7, 11) is 1.89. The highest BCUT2D eigenvalue weighted by Gasteiger charge is 2.00. The molecule has 0 spiro atoms. The van der Waals surface area contributed by atoms with Gasteiger partial charge in [0, 0.05) is 19.4 Å². The van der Waals surface area contributed by atoms with Gasteiger partial charge in [-0.2, -0.15) is 10.2 Å². The van der Waals surface area contributed by atoms with Gasteiger partial charge in [0.1, 0.15) is 6.67 Å². The van der Waals surface area contributed by atoms with Crippen molar-refractivity contribution in [3.8, 4) is 0 Å². The summed E-state index contributed by atoms with van der Waals surface area (Å²) in [5, 5.41) is 11.3. The zero-order chi connectivity index (χ0) is 11.4. The van der Waals surface area contributed by atoms with Gasteiger partial charge in [-0.05, 0) is 6.07 Å². The van der Waals surface area contributed by atoms with Gasteiger partial charge < -0.3 is 5.32 Å². The van der Waals surface area contributed by atoms with E-state index in [9.17, 15) is 4.39 Å². The SMILES string of the molecule is Cn1nccc1CNc1cnn(CCF)c1. The van der Waals surface area contributed by atoms with E-state index in [1.54, 1.807) is 28.0 Å². The summed E-state index contributed by atoms with van der Waals surface area (Å²) in [6.07, 6.45) is 5.23. The van der Waals surface area contributed by atoms with E-state index in [4.69, 9.17) is 0 Å². The van der Waals surface area contributed by atoms with Crippen molar-refractivity contribution in [1.82, 2.24) is 19.6 Å². The molecule has 0 unspecified atom stereocenters. The molecule has 2 aromatic heterocycles. The van der Waals surface area contributed by atoms with Gasteiger partial charge in [0.15, 0.2) is 0 Å². The number of aromatic nitrogens is 4. The van der Waals surface area contributed by atoms with Crippen LogP contribution in [-0.4, -0.2) is 26.2 Å². The number of hydrogen-bond acceptors (Lipinski definition) is 3. The lowest BCUT2D eigenvalue weighted by atomic mass is 10.4. The zero-order valence-corrected chi connectivity index (χ0v) is 9.10. The summed E-state index contributed by atoms with van der Waals surface area (Å²) in [6.45, 7) is 0.577. The molecule has 1 N–H and O–H groups in total. The second-order valence-electron chi connectivity index (χ2n) is 3.48. The van der Waals surface area contributed by atoms with Crippen LogP contribution in [0.1, 0.15) is 5.69 Å². The Morgan fingerprint density at radius 2 is 2.31 bits per heavy atom. The van der Waals surface area contributed by atoms with Gasteiger partial charge in [0.05, 0.1) is 30.7 Å². The Labute approximate surface area is 92.9 Å². The maximum Gasteiger partial charge on any atom is 0.109 e. The summed E-state index contributed by atoms with van der Waals surface area (Å²) < 4.78 is 15.4. The normalized spacial score (nSPS) is 10.6. The molecule has 0 saturated heterocycles. The topological polar surface area (TPSA) is 47.7 Å². The van der Waals surface area contributed by atoms with Gasteiger partial charge in [-0.3, -0.25) is 9.36 Å². The molecule has 0 fully saturated rings. The van der Waals surface area contributed by atoms with Crippen LogP contribution in [0, 0.1) is 0 Å². The van der Waals surface area contributed by atoms with Gasteiger partial charge in [-0.1, -0.05) is 0 Å². The molecule has 16 heavy (non-hydrogen) atoms. The van der Waals surface area contributed by atoms with Crippen LogP contribution in [0.25, 0.3) is 0 Å². The Kier molecular flexibility index (Phi) is 3.19. The first-order valence-corrected chi connectivity index (χ1v) is 5.09. The largest absolute Gasteiger partial charge is 0.377 e. The van der Waals surface area contributed by atoms with E-state index in [0.717, 1.165) is 11.4 Å². The van der Waals surface area contributed by atoms with Crippen LogP contribution >= 0.6 is 0 Å². The van der Waals surface area contributed by atoms with E-state index in [1.807, 2.05) is 13.1 Å². The van der Waals surface area contributed by atoms with E-state index in [-0.39, 0.29) is 0 Å². The number of nitrogens with one attached hydrogen (secondary N) is 1. The molecule has 0 radical (unpaired) electrons. The fraction of sp³-hybridized carbons (Fsp3) is 0.400. The Hall–Kier alpha value is -1.85. The highest BCUT2D eigenvalue weighted by atomic mass is 19.1. The van der Waals surface area contributed by atoms with Crippen molar-refractivity contribution in [3.63, 3.8) is 0 Å². The predicted molar refractivity (Wildman–Crippen MR) is 58.7 cm³/mol. The highest BCUT2D eigenvalue weighted by Crippen LogP contribution is 2.07. The molecule has 2 heterocycles. The van der Waals surface area contributed by atoms with Crippen molar-refractivity contribution < 1.29 is 4.39 Å². The summed E-state index contributed by atoms with van der Waals surface area (Å²) in [4.78, 5) is 0.